The van der Waals surface area contributed by atoms with Gasteiger partial charge in [-0.15, -0.1) is 0 Å². The van der Waals surface area contributed by atoms with Crippen LogP contribution >= 0.6 is 0 Å². The third kappa shape index (κ3) is 11.7. The number of fused-ring (bicyclic) bond motifs is 3. The van der Waals surface area contributed by atoms with E-state index in [0.29, 0.717) is 42.8 Å². The largest absolute Gasteiger partial charge is 0.454 e. The van der Waals surface area contributed by atoms with Crippen LogP contribution in [0.15, 0.2) is 73.1 Å². The third-order valence-electron chi connectivity index (χ3n) is 13.8. The molecule has 2 aromatic heterocycles. The molecule has 398 valence electrons. The Labute approximate surface area is 437 Å². The van der Waals surface area contributed by atoms with Gasteiger partial charge in [-0.25, -0.2) is 24.4 Å². The number of hydrogen-bond donors (Lipinski definition) is 4. The van der Waals surface area contributed by atoms with E-state index in [1.54, 1.807) is 57.5 Å². The molecule has 4 N–H and O–H groups in total. The molecular weight excluding hydrogens is 959 g/mol. The predicted octanol–water partition coefficient (Wildman–Crippen LogP) is 9.42. The molecule has 9 rings (SSSR count). The zero-order valence-corrected chi connectivity index (χ0v) is 44.4. The molecule has 0 radical (unpaired) electrons. The first-order chi connectivity index (χ1) is 35.6. The molecule has 5 amide bonds. The third-order valence-corrected chi connectivity index (χ3v) is 13.8. The Morgan fingerprint density at radius 2 is 1.32 bits per heavy atom. The van der Waals surface area contributed by atoms with Gasteiger partial charge in [-0.05, 0) is 94.5 Å². The molecule has 0 spiro atoms. The fourth-order valence-electron chi connectivity index (χ4n) is 10.1. The number of amides is 5. The van der Waals surface area contributed by atoms with Gasteiger partial charge in [-0.1, -0.05) is 82.3 Å². The van der Waals surface area contributed by atoms with Gasteiger partial charge in [-0.2, -0.15) is 0 Å². The monoisotopic (exact) mass is 1030 g/mol. The van der Waals surface area contributed by atoms with Crippen molar-refractivity contribution in [2.45, 2.75) is 143 Å². The van der Waals surface area contributed by atoms with Crippen LogP contribution in [-0.4, -0.2) is 114 Å². The number of H-pyrrole nitrogens is 2. The van der Waals surface area contributed by atoms with Crippen molar-refractivity contribution in [1.82, 2.24) is 45.3 Å². The molecule has 3 aromatic carbocycles. The van der Waals surface area contributed by atoms with Gasteiger partial charge in [0, 0.05) is 36.8 Å². The van der Waals surface area contributed by atoms with E-state index < -0.39 is 53.7 Å². The summed E-state index contributed by atoms with van der Waals surface area (Å²) in [5, 5.41) is 5.60. The van der Waals surface area contributed by atoms with Crippen LogP contribution < -0.4 is 20.1 Å². The van der Waals surface area contributed by atoms with Crippen molar-refractivity contribution in [3.05, 3.63) is 95.8 Å². The minimum atomic E-state index is -0.928. The van der Waals surface area contributed by atoms with Crippen molar-refractivity contribution in [3.63, 3.8) is 0 Å². The summed E-state index contributed by atoms with van der Waals surface area (Å²) in [7, 11) is 0. The van der Waals surface area contributed by atoms with Gasteiger partial charge in [-0.3, -0.25) is 14.5 Å². The first kappa shape index (κ1) is 52.3. The number of carbonyl (C=O) groups is 5. The van der Waals surface area contributed by atoms with Crippen LogP contribution in [0.25, 0.3) is 33.6 Å². The van der Waals surface area contributed by atoms with Gasteiger partial charge in [0.1, 0.15) is 41.0 Å². The Bertz CT molecular complexity index is 2920. The van der Waals surface area contributed by atoms with Gasteiger partial charge < -0.3 is 54.1 Å². The lowest BCUT2D eigenvalue weighted by Crippen LogP contribution is -2.52. The highest BCUT2D eigenvalue weighted by atomic mass is 16.7. The molecule has 0 bridgehead atoms. The topological polar surface area (TPSA) is 223 Å². The first-order valence-electron chi connectivity index (χ1n) is 25.9. The summed E-state index contributed by atoms with van der Waals surface area (Å²) in [6.07, 6.45) is 2.93. The molecule has 0 aliphatic carbocycles. The van der Waals surface area contributed by atoms with E-state index in [1.807, 2.05) is 99.5 Å². The van der Waals surface area contributed by atoms with Crippen molar-refractivity contribution < 1.29 is 47.7 Å². The smallest absolute Gasteiger partial charge is 0.410 e. The Balaban J connectivity index is 0.873. The molecule has 19 nitrogen and oxygen atoms in total. The molecular formula is C56H69N9O10. The maximum absolute atomic E-state index is 14.6. The lowest BCUT2D eigenvalue weighted by atomic mass is 10.0. The van der Waals surface area contributed by atoms with E-state index in [1.165, 1.54) is 0 Å². The highest BCUT2D eigenvalue weighted by molar-refractivity contribution is 5.87. The van der Waals surface area contributed by atoms with Crippen molar-refractivity contribution >= 4 is 30.1 Å². The van der Waals surface area contributed by atoms with Crippen molar-refractivity contribution in [2.24, 2.45) is 11.8 Å². The molecule has 5 atom stereocenters. The average molecular weight is 1030 g/mol. The summed E-state index contributed by atoms with van der Waals surface area (Å²) in [6, 6.07) is 17.5. The summed E-state index contributed by atoms with van der Waals surface area (Å²) in [6.45, 7) is 19.6. The SMILES string of the molecule is CC(C)C(NC(=O)OC(C)(C)C)C(=O)N1CCC[C@H]1c1nc(-c2ccc(-c3ccc(-c4cnc([C@@H]5C[C@@H](OC(=O)N6Cc7ccc8c(c7C6)OCO8)CN5C(=O)[C@@H](NC(=O)OC(C)(C)C)C(C)C)[nH]4)cc3)cc2)c[nH]1. The molecule has 4 aliphatic heterocycles. The highest BCUT2D eigenvalue weighted by Gasteiger charge is 2.44. The number of benzene rings is 3. The zero-order valence-electron chi connectivity index (χ0n) is 44.4. The Morgan fingerprint density at radius 3 is 1.93 bits per heavy atom. The van der Waals surface area contributed by atoms with Gasteiger partial charge in [0.05, 0.1) is 42.8 Å². The molecule has 2 saturated heterocycles. The van der Waals surface area contributed by atoms with Gasteiger partial charge in [0.25, 0.3) is 0 Å². The molecule has 4 aliphatic rings. The molecule has 2 fully saturated rings. The fourth-order valence-corrected chi connectivity index (χ4v) is 10.1. The summed E-state index contributed by atoms with van der Waals surface area (Å²) in [5.41, 5.74) is 5.66. The number of alkyl carbamates (subject to hydrolysis) is 2. The maximum Gasteiger partial charge on any atom is 0.410 e. The minimum absolute atomic E-state index is 0.0853. The van der Waals surface area contributed by atoms with Crippen LogP contribution in [0.1, 0.15) is 123 Å². The summed E-state index contributed by atoms with van der Waals surface area (Å²) < 4.78 is 28.4. The molecule has 75 heavy (non-hydrogen) atoms. The van der Waals surface area contributed by atoms with E-state index in [-0.39, 0.29) is 49.5 Å². The number of aromatic nitrogens is 4. The second kappa shape index (κ2) is 21.0. The van der Waals surface area contributed by atoms with Crippen LogP contribution in [0.3, 0.4) is 0 Å². The fraction of sp³-hybridized carbons (Fsp3) is 0.482. The second-order valence-corrected chi connectivity index (χ2v) is 22.5. The van der Waals surface area contributed by atoms with E-state index >= 15 is 0 Å². The van der Waals surface area contributed by atoms with E-state index in [2.05, 4.69) is 20.6 Å². The molecule has 6 heterocycles. The van der Waals surface area contributed by atoms with Crippen molar-refractivity contribution in [1.29, 1.82) is 0 Å². The quantitative estimate of drug-likeness (QED) is 0.0859. The van der Waals surface area contributed by atoms with E-state index in [4.69, 9.17) is 33.7 Å². The summed E-state index contributed by atoms with van der Waals surface area (Å²) >= 11 is 0. The van der Waals surface area contributed by atoms with Gasteiger partial charge in [0.15, 0.2) is 11.5 Å². The normalized spacial score (nSPS) is 19.0. The Hall–Kier alpha value is -7.57. The van der Waals surface area contributed by atoms with Crippen LogP contribution in [-0.2, 0) is 36.9 Å². The highest BCUT2D eigenvalue weighted by Crippen LogP contribution is 2.42. The number of nitrogens with zero attached hydrogens (tertiary/aromatic N) is 5. The second-order valence-electron chi connectivity index (χ2n) is 22.5. The number of likely N-dealkylation sites (tertiary alicyclic amines) is 2. The predicted molar refractivity (Wildman–Crippen MR) is 278 cm³/mol. The number of ether oxygens (including phenoxy) is 5. The lowest BCUT2D eigenvalue weighted by molar-refractivity contribution is -0.136. The van der Waals surface area contributed by atoms with Gasteiger partial charge >= 0.3 is 18.3 Å². The molecule has 1 unspecified atom stereocenters. The zero-order chi connectivity index (χ0) is 53.5. The summed E-state index contributed by atoms with van der Waals surface area (Å²) in [4.78, 5) is 89.5. The average Bonchev–Trinajstić information content (AvgIpc) is 4.21. The van der Waals surface area contributed by atoms with Crippen LogP contribution in [0.4, 0.5) is 14.4 Å². The lowest BCUT2D eigenvalue weighted by Gasteiger charge is -2.31. The molecule has 0 saturated carbocycles. The maximum atomic E-state index is 14.6. The number of aromatic amines is 2. The van der Waals surface area contributed by atoms with Gasteiger partial charge in [0.2, 0.25) is 18.6 Å². The van der Waals surface area contributed by atoms with Crippen LogP contribution in [0.2, 0.25) is 0 Å². The molecule has 5 aromatic rings. The van der Waals surface area contributed by atoms with E-state index in [9.17, 15) is 24.0 Å². The van der Waals surface area contributed by atoms with E-state index in [0.717, 1.165) is 57.6 Å². The van der Waals surface area contributed by atoms with Crippen molar-refractivity contribution in [3.8, 4) is 45.1 Å². The number of rotatable bonds is 12. The molecule has 19 heteroatoms. The summed E-state index contributed by atoms with van der Waals surface area (Å²) in [5.74, 6) is 1.56. The minimum Gasteiger partial charge on any atom is -0.454 e. The van der Waals surface area contributed by atoms with Crippen LogP contribution in [0.5, 0.6) is 11.5 Å². The van der Waals surface area contributed by atoms with Crippen LogP contribution in [0, 0.1) is 11.8 Å². The number of hydrogen-bond acceptors (Lipinski definition) is 12. The standard InChI is InChI=1S/C56H69N9O10/c1-31(2)45(61-52(68)74-55(5,6)7)50(66)64-23-11-12-42(64)48-57-25-40(59-48)35-17-13-33(14-18-35)34-15-19-36(20-16-34)41-26-58-49(60-41)43-24-38(28-65(43)51(67)46(32(3)4)62-53(69)75-56(8,9)10)73-54(70)63-27-37-21-22-44-47(39(37)29-63)72-30-71-44/h13-22,25-26,31-32,38,42-43,45-46H,11-12,23-24,27-30H2,1-10H3,(H,57,59)(H,58,60)(H,61,68)(H,62,69)/t38-,42+,43+,45?,46+/m1/s1. The Morgan fingerprint density at radius 1 is 0.720 bits per heavy atom. The van der Waals surface area contributed by atoms with Crippen molar-refractivity contribution in [2.75, 3.05) is 19.9 Å². The first-order valence-corrected chi connectivity index (χ1v) is 25.9. The number of imidazole rings is 2. The Kier molecular flexibility index (Phi) is 14.6. The number of carbonyl (C=O) groups excluding carboxylic acids is 5. The number of nitrogens with one attached hydrogen (secondary N) is 4.